The molecule has 0 bridgehead atoms. The van der Waals surface area contributed by atoms with Crippen molar-refractivity contribution in [2.75, 3.05) is 39.6 Å². The summed E-state index contributed by atoms with van der Waals surface area (Å²) in [6, 6.07) is 2.37. The Morgan fingerprint density at radius 1 is 1.27 bits per heavy atom. The molecular weight excluding hydrogens is 490 g/mol. The second-order valence-corrected chi connectivity index (χ2v) is 9.02. The van der Waals surface area contributed by atoms with Crippen LogP contribution in [0, 0.1) is 0 Å². The number of amides is 1. The summed E-state index contributed by atoms with van der Waals surface area (Å²) in [4.78, 5) is 33.8. The lowest BCUT2D eigenvalue weighted by molar-refractivity contribution is 0.0657. The molecule has 4 aromatic rings. The van der Waals surface area contributed by atoms with Crippen molar-refractivity contribution < 1.29 is 9.53 Å². The summed E-state index contributed by atoms with van der Waals surface area (Å²) in [5.74, 6) is 0.865. The smallest absolute Gasteiger partial charge is 0.271 e. The summed E-state index contributed by atoms with van der Waals surface area (Å²) in [5.41, 5.74) is 2.27. The summed E-state index contributed by atoms with van der Waals surface area (Å²) in [6.45, 7) is 1.43. The second kappa shape index (κ2) is 8.60. The van der Waals surface area contributed by atoms with Crippen molar-refractivity contribution in [3.63, 3.8) is 0 Å². The molecule has 1 fully saturated rings. The number of pyridine rings is 1. The largest absolute Gasteiger partial charge is 0.479 e. The third kappa shape index (κ3) is 3.89. The zero-order valence-corrected chi connectivity index (χ0v) is 20.1. The molecule has 0 saturated carbocycles. The molecular formula is C21H24BrN9O2. The maximum Gasteiger partial charge on any atom is 0.271 e. The number of rotatable bonds is 5. The Bertz CT molecular complexity index is 1320. The number of anilines is 2. The van der Waals surface area contributed by atoms with E-state index in [9.17, 15) is 4.79 Å². The normalized spacial score (nSPS) is 15.0. The number of nitrogens with zero attached hydrogens (tertiary/aromatic N) is 6. The lowest BCUT2D eigenvalue weighted by Gasteiger charge is -2.35. The molecule has 0 spiro atoms. The van der Waals surface area contributed by atoms with E-state index in [1.165, 1.54) is 6.33 Å². The van der Waals surface area contributed by atoms with Gasteiger partial charge in [-0.2, -0.15) is 10.1 Å². The number of carbonyl (C=O) groups is 1. The van der Waals surface area contributed by atoms with Crippen LogP contribution in [0.1, 0.15) is 23.3 Å². The van der Waals surface area contributed by atoms with E-state index < -0.39 is 0 Å². The summed E-state index contributed by atoms with van der Waals surface area (Å²) >= 11 is 3.62. The van der Waals surface area contributed by atoms with Crippen LogP contribution in [-0.4, -0.2) is 86.2 Å². The fraction of sp³-hybridized carbons (Fsp3) is 0.381. The Morgan fingerprint density at radius 2 is 2.06 bits per heavy atom. The minimum atomic E-state index is -0.0536. The van der Waals surface area contributed by atoms with Crippen molar-refractivity contribution in [2.24, 2.45) is 0 Å². The molecule has 0 atom stereocenters. The fourth-order valence-electron chi connectivity index (χ4n) is 4.21. The number of fused-ring (bicyclic) bond motifs is 2. The number of methoxy groups -OCH3 is 1. The predicted molar refractivity (Wildman–Crippen MR) is 128 cm³/mol. The third-order valence-corrected chi connectivity index (χ3v) is 6.86. The van der Waals surface area contributed by atoms with E-state index in [0.29, 0.717) is 63.4 Å². The average molecular weight is 514 g/mol. The number of ether oxygens (including phenoxy) is 1. The van der Waals surface area contributed by atoms with Gasteiger partial charge in [0.2, 0.25) is 5.88 Å². The second-order valence-electron chi connectivity index (χ2n) is 8.22. The first-order chi connectivity index (χ1) is 16.0. The summed E-state index contributed by atoms with van der Waals surface area (Å²) in [7, 11) is 5.71. The molecule has 3 N–H and O–H groups in total. The van der Waals surface area contributed by atoms with E-state index in [0.717, 1.165) is 18.2 Å². The molecule has 0 unspecified atom stereocenters. The van der Waals surface area contributed by atoms with Crippen LogP contribution in [0.15, 0.2) is 23.1 Å². The minimum absolute atomic E-state index is 0.0536. The van der Waals surface area contributed by atoms with Gasteiger partial charge in [0.15, 0.2) is 5.65 Å². The van der Waals surface area contributed by atoms with Gasteiger partial charge in [0.05, 0.1) is 23.2 Å². The molecule has 0 radical (unpaired) electrons. The molecule has 0 aliphatic carbocycles. The zero-order chi connectivity index (χ0) is 23.1. The minimum Gasteiger partial charge on any atom is -0.479 e. The Hall–Kier alpha value is -3.25. The maximum absolute atomic E-state index is 13.3. The molecule has 1 saturated heterocycles. The first kappa shape index (κ1) is 21.6. The number of hydrogen-bond acceptors (Lipinski definition) is 8. The van der Waals surface area contributed by atoms with Crippen LogP contribution in [0.4, 0.5) is 11.5 Å². The zero-order valence-electron chi connectivity index (χ0n) is 18.5. The van der Waals surface area contributed by atoms with E-state index >= 15 is 0 Å². The van der Waals surface area contributed by atoms with Gasteiger partial charge in [-0.1, -0.05) is 0 Å². The van der Waals surface area contributed by atoms with Crippen molar-refractivity contribution in [3.8, 4) is 5.88 Å². The van der Waals surface area contributed by atoms with Crippen molar-refractivity contribution in [1.29, 1.82) is 0 Å². The first-order valence-corrected chi connectivity index (χ1v) is 11.4. The highest BCUT2D eigenvalue weighted by Crippen LogP contribution is 2.36. The number of H-pyrrole nitrogens is 2. The van der Waals surface area contributed by atoms with Gasteiger partial charge < -0.3 is 24.8 Å². The van der Waals surface area contributed by atoms with Gasteiger partial charge in [-0.15, -0.1) is 0 Å². The van der Waals surface area contributed by atoms with Crippen LogP contribution in [0.5, 0.6) is 5.88 Å². The highest BCUT2D eigenvalue weighted by atomic mass is 79.9. The lowest BCUT2D eigenvalue weighted by atomic mass is 10.0. The van der Waals surface area contributed by atoms with Crippen LogP contribution in [0.3, 0.4) is 0 Å². The molecule has 33 heavy (non-hydrogen) atoms. The number of hydrogen-bond donors (Lipinski definition) is 3. The van der Waals surface area contributed by atoms with Crippen molar-refractivity contribution in [3.05, 3.63) is 28.8 Å². The molecule has 1 aliphatic heterocycles. The first-order valence-electron chi connectivity index (χ1n) is 10.6. The summed E-state index contributed by atoms with van der Waals surface area (Å²) < 4.78 is 6.06. The predicted octanol–water partition coefficient (Wildman–Crippen LogP) is 2.91. The average Bonchev–Trinajstić information content (AvgIpc) is 3.42. The van der Waals surface area contributed by atoms with Gasteiger partial charge in [0.25, 0.3) is 5.91 Å². The van der Waals surface area contributed by atoms with Crippen molar-refractivity contribution >= 4 is 55.4 Å². The van der Waals surface area contributed by atoms with E-state index in [1.54, 1.807) is 13.3 Å². The molecule has 1 aliphatic rings. The van der Waals surface area contributed by atoms with Crippen LogP contribution in [-0.2, 0) is 0 Å². The van der Waals surface area contributed by atoms with Crippen LogP contribution < -0.4 is 10.1 Å². The standard InChI is InChI=1S/C21H24BrN9O2/c1-30(2)12-4-6-31(7-5-12)21(32)16-15(22)14-18(23-10-24-19(14)27-16)26-13-8-11-9-25-29-17(11)28-20(13)33-3/h8-10,12H,4-7H2,1-3H3,(H,25,28,29)(H2,23,24,26,27). The Balaban J connectivity index is 1.47. The van der Waals surface area contributed by atoms with Gasteiger partial charge in [0.1, 0.15) is 29.2 Å². The Labute approximate surface area is 198 Å². The van der Waals surface area contributed by atoms with Gasteiger partial charge in [-0.05, 0) is 48.9 Å². The molecule has 1 amide bonds. The molecule has 4 aromatic heterocycles. The molecule has 5 rings (SSSR count). The van der Waals surface area contributed by atoms with E-state index in [2.05, 4.69) is 70.4 Å². The Kier molecular flexibility index (Phi) is 5.62. The van der Waals surface area contributed by atoms with E-state index in [1.807, 2.05) is 11.0 Å². The highest BCUT2D eigenvalue weighted by molar-refractivity contribution is 9.10. The Morgan fingerprint density at radius 3 is 2.79 bits per heavy atom. The number of aromatic amines is 2. The monoisotopic (exact) mass is 513 g/mol. The number of carbonyl (C=O) groups excluding carboxylic acids is 1. The fourth-order valence-corrected chi connectivity index (χ4v) is 4.85. The molecule has 11 nitrogen and oxygen atoms in total. The summed E-state index contributed by atoms with van der Waals surface area (Å²) in [6.07, 6.45) is 5.03. The molecule has 172 valence electrons. The number of nitrogens with one attached hydrogen (secondary N) is 3. The van der Waals surface area contributed by atoms with E-state index in [-0.39, 0.29) is 5.91 Å². The third-order valence-electron chi connectivity index (χ3n) is 6.06. The number of piperidine rings is 1. The van der Waals surface area contributed by atoms with Crippen LogP contribution >= 0.6 is 15.9 Å². The van der Waals surface area contributed by atoms with Gasteiger partial charge in [0, 0.05) is 24.5 Å². The van der Waals surface area contributed by atoms with Crippen molar-refractivity contribution in [2.45, 2.75) is 18.9 Å². The van der Waals surface area contributed by atoms with E-state index in [4.69, 9.17) is 4.74 Å². The number of aromatic nitrogens is 6. The topological polar surface area (TPSA) is 128 Å². The van der Waals surface area contributed by atoms with Crippen LogP contribution in [0.25, 0.3) is 22.1 Å². The van der Waals surface area contributed by atoms with Gasteiger partial charge in [-0.3, -0.25) is 9.89 Å². The lowest BCUT2D eigenvalue weighted by Crippen LogP contribution is -2.44. The van der Waals surface area contributed by atoms with Gasteiger partial charge >= 0.3 is 0 Å². The molecule has 5 heterocycles. The molecule has 12 heteroatoms. The SMILES string of the molecule is COc1nc2[nH]ncc2cc1Nc1ncnc2[nH]c(C(=O)N3CCC(N(C)C)CC3)c(Br)c12. The van der Waals surface area contributed by atoms with Crippen LogP contribution in [0.2, 0.25) is 0 Å². The quantitative estimate of drug-likeness (QED) is 0.371. The number of likely N-dealkylation sites (tertiary alicyclic amines) is 1. The van der Waals surface area contributed by atoms with Gasteiger partial charge in [-0.25, -0.2) is 9.97 Å². The summed E-state index contributed by atoms with van der Waals surface area (Å²) in [5, 5.41) is 11.6. The highest BCUT2D eigenvalue weighted by Gasteiger charge is 2.28. The van der Waals surface area contributed by atoms with Crippen molar-refractivity contribution in [1.82, 2.24) is 39.9 Å². The maximum atomic E-state index is 13.3. The number of halogens is 1. The molecule has 0 aromatic carbocycles.